The van der Waals surface area contributed by atoms with Gasteiger partial charge in [-0.25, -0.2) is 4.98 Å². The molecule has 0 saturated carbocycles. The Bertz CT molecular complexity index is 722. The molecule has 2 heterocycles. The molecule has 0 fully saturated rings. The number of pyridine rings is 1. The van der Waals surface area contributed by atoms with Crippen molar-refractivity contribution in [2.45, 2.75) is 6.42 Å². The number of benzene rings is 1. The fraction of sp³-hybridized carbons (Fsp3) is 0.133. The van der Waals surface area contributed by atoms with Gasteiger partial charge in [0, 0.05) is 12.7 Å². The van der Waals surface area contributed by atoms with Crippen LogP contribution in [0.15, 0.2) is 53.4 Å². The van der Waals surface area contributed by atoms with E-state index in [1.807, 2.05) is 18.2 Å². The number of nitrogens with zero attached hydrogens (tertiary/aromatic N) is 2. The Morgan fingerprint density at radius 2 is 2.15 bits per heavy atom. The van der Waals surface area contributed by atoms with Gasteiger partial charge < -0.3 is 9.73 Å². The number of oxazole rings is 1. The molecule has 0 spiro atoms. The van der Waals surface area contributed by atoms with E-state index in [4.69, 9.17) is 4.42 Å². The van der Waals surface area contributed by atoms with Gasteiger partial charge in [-0.15, -0.1) is 0 Å². The Hall–Kier alpha value is -2.69. The molecule has 3 aromatic rings. The number of carbonyl (C=O) groups is 1. The summed E-state index contributed by atoms with van der Waals surface area (Å²) >= 11 is 0. The van der Waals surface area contributed by atoms with Crippen molar-refractivity contribution in [3.05, 3.63) is 60.2 Å². The van der Waals surface area contributed by atoms with Crippen LogP contribution < -0.4 is 5.32 Å². The molecule has 5 nitrogen and oxygen atoms in total. The van der Waals surface area contributed by atoms with Crippen molar-refractivity contribution in [2.75, 3.05) is 6.54 Å². The van der Waals surface area contributed by atoms with Crippen LogP contribution in [0.3, 0.4) is 0 Å². The molecule has 1 N–H and O–H groups in total. The maximum Gasteiger partial charge on any atom is 0.269 e. The average molecular weight is 267 g/mol. The Kier molecular flexibility index (Phi) is 3.41. The third-order valence-electron chi connectivity index (χ3n) is 2.99. The minimum Gasteiger partial charge on any atom is -0.443 e. The molecule has 1 amide bonds. The topological polar surface area (TPSA) is 68.0 Å². The molecule has 100 valence electrons. The molecule has 1 aromatic carbocycles. The van der Waals surface area contributed by atoms with Gasteiger partial charge in [0.05, 0.1) is 0 Å². The van der Waals surface area contributed by atoms with Gasteiger partial charge >= 0.3 is 0 Å². The van der Waals surface area contributed by atoms with Gasteiger partial charge in [-0.05, 0) is 36.2 Å². The highest BCUT2D eigenvalue weighted by Crippen LogP contribution is 2.14. The molecule has 0 radical (unpaired) electrons. The van der Waals surface area contributed by atoms with E-state index in [0.29, 0.717) is 12.2 Å². The van der Waals surface area contributed by atoms with Gasteiger partial charge in [0.25, 0.3) is 5.91 Å². The zero-order valence-electron chi connectivity index (χ0n) is 10.7. The number of carbonyl (C=O) groups excluding carboxylic acids is 1. The van der Waals surface area contributed by atoms with E-state index in [9.17, 15) is 4.79 Å². The lowest BCUT2D eigenvalue weighted by molar-refractivity contribution is 0.0949. The van der Waals surface area contributed by atoms with Crippen molar-refractivity contribution in [2.24, 2.45) is 0 Å². The first kappa shape index (κ1) is 12.3. The third kappa shape index (κ3) is 2.66. The maximum absolute atomic E-state index is 11.8. The smallest absolute Gasteiger partial charge is 0.269 e. The van der Waals surface area contributed by atoms with Crippen LogP contribution in [0.4, 0.5) is 0 Å². The number of rotatable bonds is 4. The van der Waals surface area contributed by atoms with E-state index in [1.54, 1.807) is 24.4 Å². The number of fused-ring (bicyclic) bond motifs is 1. The summed E-state index contributed by atoms with van der Waals surface area (Å²) in [5, 5.41) is 2.84. The Labute approximate surface area is 115 Å². The monoisotopic (exact) mass is 267 g/mol. The van der Waals surface area contributed by atoms with E-state index in [0.717, 1.165) is 23.1 Å². The minimum absolute atomic E-state index is 0.161. The molecule has 0 aliphatic heterocycles. The fourth-order valence-electron chi connectivity index (χ4n) is 1.96. The lowest BCUT2D eigenvalue weighted by Gasteiger charge is -2.04. The zero-order valence-corrected chi connectivity index (χ0v) is 10.7. The number of hydrogen-bond acceptors (Lipinski definition) is 4. The molecule has 0 bridgehead atoms. The van der Waals surface area contributed by atoms with Gasteiger partial charge in [-0.3, -0.25) is 9.78 Å². The van der Waals surface area contributed by atoms with Crippen molar-refractivity contribution in [3.63, 3.8) is 0 Å². The molecule has 0 aliphatic rings. The maximum atomic E-state index is 11.8. The second kappa shape index (κ2) is 5.52. The first-order chi connectivity index (χ1) is 9.83. The van der Waals surface area contributed by atoms with E-state index in [2.05, 4.69) is 15.3 Å². The summed E-state index contributed by atoms with van der Waals surface area (Å²) in [5.41, 5.74) is 3.12. The second-order valence-electron chi connectivity index (χ2n) is 4.38. The van der Waals surface area contributed by atoms with E-state index in [1.165, 1.54) is 6.39 Å². The summed E-state index contributed by atoms with van der Waals surface area (Å²) < 4.78 is 5.25. The van der Waals surface area contributed by atoms with Crippen LogP contribution in [0.1, 0.15) is 16.1 Å². The Morgan fingerprint density at radius 3 is 3.00 bits per heavy atom. The number of amides is 1. The van der Waals surface area contributed by atoms with Crippen LogP contribution in [-0.4, -0.2) is 22.4 Å². The zero-order chi connectivity index (χ0) is 13.8. The highest BCUT2D eigenvalue weighted by atomic mass is 16.3. The first-order valence-electron chi connectivity index (χ1n) is 6.34. The first-order valence-corrected chi connectivity index (χ1v) is 6.34. The molecule has 0 unspecified atom stereocenters. The second-order valence-corrected chi connectivity index (χ2v) is 4.38. The summed E-state index contributed by atoms with van der Waals surface area (Å²) in [6.07, 6.45) is 3.76. The summed E-state index contributed by atoms with van der Waals surface area (Å²) in [4.78, 5) is 19.9. The van der Waals surface area contributed by atoms with E-state index >= 15 is 0 Å². The average Bonchev–Trinajstić information content (AvgIpc) is 2.95. The molecular weight excluding hydrogens is 254 g/mol. The standard InChI is InChI=1S/C15H13N3O2/c19-15(13-3-1-2-7-16-13)17-8-6-11-4-5-12-14(9-11)20-10-18-12/h1-5,7,9-10H,6,8H2,(H,17,19). The Balaban J connectivity index is 1.58. The molecule has 0 aliphatic carbocycles. The van der Waals surface area contributed by atoms with Crippen molar-refractivity contribution < 1.29 is 9.21 Å². The summed E-state index contributed by atoms with van der Waals surface area (Å²) in [6.45, 7) is 0.551. The summed E-state index contributed by atoms with van der Waals surface area (Å²) in [6, 6.07) is 11.1. The molecular formula is C15H13N3O2. The van der Waals surface area contributed by atoms with Crippen molar-refractivity contribution in [1.29, 1.82) is 0 Å². The molecule has 3 rings (SSSR count). The summed E-state index contributed by atoms with van der Waals surface area (Å²) in [7, 11) is 0. The fourth-order valence-corrected chi connectivity index (χ4v) is 1.96. The van der Waals surface area contributed by atoms with Crippen LogP contribution in [0, 0.1) is 0 Å². The molecule has 0 atom stereocenters. The quantitative estimate of drug-likeness (QED) is 0.786. The molecule has 0 saturated heterocycles. The van der Waals surface area contributed by atoms with Crippen molar-refractivity contribution in [3.8, 4) is 0 Å². The van der Waals surface area contributed by atoms with Crippen molar-refractivity contribution in [1.82, 2.24) is 15.3 Å². The van der Waals surface area contributed by atoms with E-state index in [-0.39, 0.29) is 5.91 Å². The molecule has 2 aromatic heterocycles. The van der Waals surface area contributed by atoms with E-state index < -0.39 is 0 Å². The predicted molar refractivity (Wildman–Crippen MR) is 74.3 cm³/mol. The number of aromatic nitrogens is 2. The van der Waals surface area contributed by atoms with Crippen LogP contribution >= 0.6 is 0 Å². The lowest BCUT2D eigenvalue weighted by Crippen LogP contribution is -2.26. The van der Waals surface area contributed by atoms with Crippen LogP contribution in [0.2, 0.25) is 0 Å². The number of nitrogens with one attached hydrogen (secondary N) is 1. The van der Waals surface area contributed by atoms with Crippen LogP contribution in [0.25, 0.3) is 11.1 Å². The third-order valence-corrected chi connectivity index (χ3v) is 2.99. The van der Waals surface area contributed by atoms with Gasteiger partial charge in [0.15, 0.2) is 12.0 Å². The Morgan fingerprint density at radius 1 is 1.20 bits per heavy atom. The van der Waals surface area contributed by atoms with Gasteiger partial charge in [0.2, 0.25) is 0 Å². The van der Waals surface area contributed by atoms with Gasteiger partial charge in [-0.1, -0.05) is 12.1 Å². The largest absolute Gasteiger partial charge is 0.443 e. The normalized spacial score (nSPS) is 10.6. The SMILES string of the molecule is O=C(NCCc1ccc2ncoc2c1)c1ccccn1. The van der Waals surface area contributed by atoms with Gasteiger partial charge in [0.1, 0.15) is 11.2 Å². The van der Waals surface area contributed by atoms with Crippen LogP contribution in [0.5, 0.6) is 0 Å². The highest BCUT2D eigenvalue weighted by molar-refractivity contribution is 5.92. The highest BCUT2D eigenvalue weighted by Gasteiger charge is 2.05. The van der Waals surface area contributed by atoms with Crippen LogP contribution in [-0.2, 0) is 6.42 Å². The lowest BCUT2D eigenvalue weighted by atomic mass is 10.1. The molecule has 5 heteroatoms. The number of hydrogen-bond donors (Lipinski definition) is 1. The predicted octanol–water partition coefficient (Wildman–Crippen LogP) is 2.20. The summed E-state index contributed by atoms with van der Waals surface area (Å²) in [5.74, 6) is -0.161. The minimum atomic E-state index is -0.161. The molecule has 20 heavy (non-hydrogen) atoms. The van der Waals surface area contributed by atoms with Crippen molar-refractivity contribution >= 4 is 17.0 Å². The van der Waals surface area contributed by atoms with Gasteiger partial charge in [-0.2, -0.15) is 0 Å².